The minimum absolute atomic E-state index is 0.0149. The van der Waals surface area contributed by atoms with Crippen LogP contribution >= 0.6 is 0 Å². The van der Waals surface area contributed by atoms with Crippen molar-refractivity contribution in [2.75, 3.05) is 11.1 Å². The summed E-state index contributed by atoms with van der Waals surface area (Å²) >= 11 is 0. The van der Waals surface area contributed by atoms with Gasteiger partial charge in [0.15, 0.2) is 0 Å². The summed E-state index contributed by atoms with van der Waals surface area (Å²) < 4.78 is 13.1. The molecule has 0 aliphatic heterocycles. The van der Waals surface area contributed by atoms with Crippen molar-refractivity contribution in [1.29, 1.82) is 5.26 Å². The van der Waals surface area contributed by atoms with Gasteiger partial charge in [-0.1, -0.05) is 0 Å². The van der Waals surface area contributed by atoms with E-state index in [9.17, 15) is 4.39 Å². The fourth-order valence-electron chi connectivity index (χ4n) is 1.35. The second kappa shape index (κ2) is 4.49. The minimum atomic E-state index is -0.543. The van der Waals surface area contributed by atoms with Crippen LogP contribution in [0.1, 0.15) is 5.56 Å². The second-order valence-electron chi connectivity index (χ2n) is 3.41. The minimum Gasteiger partial charge on any atom is -0.399 e. The monoisotopic (exact) mass is 228 g/mol. The number of hydrogen-bond donors (Lipinski definition) is 2. The predicted octanol–water partition coefficient (Wildman–Crippen LogP) is 2.42. The molecule has 17 heavy (non-hydrogen) atoms. The van der Waals surface area contributed by atoms with Gasteiger partial charge in [0.25, 0.3) is 0 Å². The molecule has 0 amide bonds. The standard InChI is InChI=1S/C12H9FN4/c13-11-2-1-10(5-8(11)7-14)17-12-6-9(15)3-4-16-12/h1-6H,(H3,15,16,17). The van der Waals surface area contributed by atoms with Crippen molar-refractivity contribution < 1.29 is 4.39 Å². The first-order valence-corrected chi connectivity index (χ1v) is 4.87. The van der Waals surface area contributed by atoms with Crippen LogP contribution in [0.4, 0.5) is 21.6 Å². The summed E-state index contributed by atoms with van der Waals surface area (Å²) in [4.78, 5) is 4.05. The molecule has 0 atom stereocenters. The number of anilines is 3. The molecule has 0 radical (unpaired) electrons. The first-order valence-electron chi connectivity index (χ1n) is 4.87. The van der Waals surface area contributed by atoms with Gasteiger partial charge in [0, 0.05) is 23.6 Å². The molecular weight excluding hydrogens is 219 g/mol. The number of nitrogen functional groups attached to an aromatic ring is 1. The van der Waals surface area contributed by atoms with Crippen molar-refractivity contribution in [2.45, 2.75) is 0 Å². The van der Waals surface area contributed by atoms with Gasteiger partial charge in [0.1, 0.15) is 17.7 Å². The Kier molecular flexibility index (Phi) is 2.88. The van der Waals surface area contributed by atoms with Gasteiger partial charge < -0.3 is 11.1 Å². The van der Waals surface area contributed by atoms with Crippen molar-refractivity contribution in [1.82, 2.24) is 4.98 Å². The zero-order valence-corrected chi connectivity index (χ0v) is 8.81. The van der Waals surface area contributed by atoms with Crippen LogP contribution in [0.5, 0.6) is 0 Å². The van der Waals surface area contributed by atoms with Crippen LogP contribution in [0.25, 0.3) is 0 Å². The predicted molar refractivity (Wildman–Crippen MR) is 63.0 cm³/mol. The maximum absolute atomic E-state index is 13.1. The zero-order valence-electron chi connectivity index (χ0n) is 8.81. The summed E-state index contributed by atoms with van der Waals surface area (Å²) in [6, 6.07) is 9.26. The summed E-state index contributed by atoms with van der Waals surface area (Å²) in [7, 11) is 0. The third-order valence-corrected chi connectivity index (χ3v) is 2.14. The zero-order chi connectivity index (χ0) is 12.3. The number of rotatable bonds is 2. The summed E-state index contributed by atoms with van der Waals surface area (Å²) in [6.45, 7) is 0. The second-order valence-corrected chi connectivity index (χ2v) is 3.41. The molecule has 84 valence electrons. The SMILES string of the molecule is N#Cc1cc(Nc2cc(N)ccn2)ccc1F. The van der Waals surface area contributed by atoms with Crippen LogP contribution in [-0.4, -0.2) is 4.98 Å². The maximum atomic E-state index is 13.1. The number of nitrogens with one attached hydrogen (secondary N) is 1. The molecule has 4 nitrogen and oxygen atoms in total. The average Bonchev–Trinajstić information content (AvgIpc) is 2.32. The van der Waals surface area contributed by atoms with E-state index in [-0.39, 0.29) is 5.56 Å². The van der Waals surface area contributed by atoms with E-state index in [1.54, 1.807) is 24.4 Å². The van der Waals surface area contributed by atoms with E-state index in [0.717, 1.165) is 0 Å². The third kappa shape index (κ3) is 2.49. The van der Waals surface area contributed by atoms with Crippen LogP contribution in [0.2, 0.25) is 0 Å². The van der Waals surface area contributed by atoms with E-state index in [1.807, 2.05) is 0 Å². The molecule has 0 bridgehead atoms. The Bertz CT molecular complexity index is 589. The van der Waals surface area contributed by atoms with Crippen molar-refractivity contribution in [3.8, 4) is 6.07 Å². The number of pyridine rings is 1. The molecule has 0 aliphatic carbocycles. The van der Waals surface area contributed by atoms with Crippen molar-refractivity contribution in [3.63, 3.8) is 0 Å². The van der Waals surface area contributed by atoms with Gasteiger partial charge in [0.05, 0.1) is 5.56 Å². The molecule has 2 rings (SSSR count). The van der Waals surface area contributed by atoms with Gasteiger partial charge in [-0.05, 0) is 24.3 Å². The fourth-order valence-corrected chi connectivity index (χ4v) is 1.35. The quantitative estimate of drug-likeness (QED) is 0.827. The normalized spacial score (nSPS) is 9.65. The van der Waals surface area contributed by atoms with Crippen LogP contribution in [0.15, 0.2) is 36.5 Å². The molecule has 0 fully saturated rings. The lowest BCUT2D eigenvalue weighted by Crippen LogP contribution is -1.96. The lowest BCUT2D eigenvalue weighted by atomic mass is 10.2. The van der Waals surface area contributed by atoms with Gasteiger partial charge in [-0.25, -0.2) is 9.37 Å². The largest absolute Gasteiger partial charge is 0.399 e. The van der Waals surface area contributed by atoms with Crippen LogP contribution in [-0.2, 0) is 0 Å². The van der Waals surface area contributed by atoms with Gasteiger partial charge in [0.2, 0.25) is 0 Å². The molecule has 3 N–H and O–H groups in total. The van der Waals surface area contributed by atoms with E-state index < -0.39 is 5.82 Å². The van der Waals surface area contributed by atoms with E-state index in [1.165, 1.54) is 18.2 Å². The Labute approximate surface area is 97.5 Å². The van der Waals surface area contributed by atoms with Crippen LogP contribution < -0.4 is 11.1 Å². The van der Waals surface area contributed by atoms with Gasteiger partial charge >= 0.3 is 0 Å². The molecule has 2 aromatic rings. The van der Waals surface area contributed by atoms with E-state index in [0.29, 0.717) is 17.2 Å². The molecule has 5 heteroatoms. The Hall–Kier alpha value is -2.61. The molecular formula is C12H9FN4. The molecule has 1 aromatic heterocycles. The molecule has 0 unspecified atom stereocenters. The van der Waals surface area contributed by atoms with Gasteiger partial charge in [-0.2, -0.15) is 5.26 Å². The number of halogens is 1. The summed E-state index contributed by atoms with van der Waals surface area (Å²) in [5, 5.41) is 11.6. The number of benzene rings is 1. The number of hydrogen-bond acceptors (Lipinski definition) is 4. The van der Waals surface area contributed by atoms with Crippen molar-refractivity contribution >= 4 is 17.2 Å². The molecule has 0 aliphatic rings. The summed E-state index contributed by atoms with van der Waals surface area (Å²) in [6.07, 6.45) is 1.56. The van der Waals surface area contributed by atoms with Gasteiger partial charge in [-0.15, -0.1) is 0 Å². The highest BCUT2D eigenvalue weighted by atomic mass is 19.1. The lowest BCUT2D eigenvalue weighted by Gasteiger charge is -2.06. The highest BCUT2D eigenvalue weighted by Gasteiger charge is 2.03. The Morgan fingerprint density at radius 2 is 2.12 bits per heavy atom. The van der Waals surface area contributed by atoms with E-state index in [4.69, 9.17) is 11.0 Å². The van der Waals surface area contributed by atoms with Crippen molar-refractivity contribution in [3.05, 3.63) is 47.9 Å². The molecule has 0 saturated heterocycles. The summed E-state index contributed by atoms with van der Waals surface area (Å²) in [5.41, 5.74) is 6.74. The third-order valence-electron chi connectivity index (χ3n) is 2.14. The molecule has 0 spiro atoms. The smallest absolute Gasteiger partial charge is 0.141 e. The number of nitrogens with zero attached hydrogens (tertiary/aromatic N) is 2. The molecule has 0 saturated carbocycles. The van der Waals surface area contributed by atoms with Crippen LogP contribution in [0.3, 0.4) is 0 Å². The topological polar surface area (TPSA) is 74.7 Å². The van der Waals surface area contributed by atoms with Crippen molar-refractivity contribution in [2.24, 2.45) is 0 Å². The Morgan fingerprint density at radius 3 is 2.82 bits per heavy atom. The molecule has 1 heterocycles. The Morgan fingerprint density at radius 1 is 1.29 bits per heavy atom. The first kappa shape index (κ1) is 10.9. The first-order chi connectivity index (χ1) is 8.19. The highest BCUT2D eigenvalue weighted by Crippen LogP contribution is 2.18. The summed E-state index contributed by atoms with van der Waals surface area (Å²) in [5.74, 6) is -0.000849. The molecule has 1 aromatic carbocycles. The Balaban J connectivity index is 2.28. The highest BCUT2D eigenvalue weighted by molar-refractivity contribution is 5.61. The average molecular weight is 228 g/mol. The van der Waals surface area contributed by atoms with E-state index >= 15 is 0 Å². The van der Waals surface area contributed by atoms with E-state index in [2.05, 4.69) is 10.3 Å². The number of nitrogens with two attached hydrogens (primary N) is 1. The van der Waals surface area contributed by atoms with Crippen LogP contribution in [0, 0.1) is 17.1 Å². The maximum Gasteiger partial charge on any atom is 0.141 e. The van der Waals surface area contributed by atoms with Gasteiger partial charge in [-0.3, -0.25) is 0 Å². The fraction of sp³-hybridized carbons (Fsp3) is 0. The lowest BCUT2D eigenvalue weighted by molar-refractivity contribution is 0.624. The number of nitriles is 1. The number of aromatic nitrogens is 1.